The summed E-state index contributed by atoms with van der Waals surface area (Å²) < 4.78 is 5.04. The molecule has 1 aromatic rings. The van der Waals surface area contributed by atoms with Crippen LogP contribution in [0, 0.1) is 0 Å². The van der Waals surface area contributed by atoms with E-state index in [1.165, 1.54) is 0 Å². The molecule has 15 heavy (non-hydrogen) atoms. The van der Waals surface area contributed by atoms with Gasteiger partial charge < -0.3 is 3.97 Å². The van der Waals surface area contributed by atoms with Crippen molar-refractivity contribution in [3.63, 3.8) is 0 Å². The molecule has 0 N–H and O–H groups in total. The van der Waals surface area contributed by atoms with Gasteiger partial charge in [0.1, 0.15) is 0 Å². The fourth-order valence-corrected chi connectivity index (χ4v) is 8.93. The lowest BCUT2D eigenvalue weighted by atomic mass is 10.7. The van der Waals surface area contributed by atoms with Gasteiger partial charge in [0.2, 0.25) is 0 Å². The molecule has 0 fully saturated rings. The van der Waals surface area contributed by atoms with Gasteiger partial charge in [0.15, 0.2) is 0 Å². The van der Waals surface area contributed by atoms with Crippen LogP contribution >= 0.6 is 20.6 Å². The SMILES string of the molecule is CCN(S(C)(C)C)S(C)(C)n1cccc1. The van der Waals surface area contributed by atoms with Gasteiger partial charge >= 0.3 is 0 Å². The van der Waals surface area contributed by atoms with E-state index in [9.17, 15) is 0 Å². The lowest BCUT2D eigenvalue weighted by Crippen LogP contribution is -2.31. The number of hydrogen-bond acceptors (Lipinski definition) is 1. The van der Waals surface area contributed by atoms with E-state index in [4.69, 9.17) is 0 Å². The zero-order chi connectivity index (χ0) is 11.7. The van der Waals surface area contributed by atoms with E-state index < -0.39 is 20.6 Å². The second-order valence-electron chi connectivity index (χ2n) is 4.68. The molecular formula is C11H24N2S2. The van der Waals surface area contributed by atoms with E-state index in [2.05, 4.69) is 70.4 Å². The Morgan fingerprint density at radius 3 is 1.80 bits per heavy atom. The van der Waals surface area contributed by atoms with Gasteiger partial charge in [0.05, 0.1) is 0 Å². The molecule has 0 aliphatic rings. The predicted octanol–water partition coefficient (Wildman–Crippen LogP) is 3.16. The van der Waals surface area contributed by atoms with Gasteiger partial charge in [0, 0.05) is 18.9 Å². The molecule has 1 rings (SSSR count). The molecule has 1 heterocycles. The summed E-state index contributed by atoms with van der Waals surface area (Å²) in [5, 5.41) is 0. The predicted molar refractivity (Wildman–Crippen MR) is 77.0 cm³/mol. The van der Waals surface area contributed by atoms with E-state index in [-0.39, 0.29) is 0 Å². The third kappa shape index (κ3) is 2.74. The van der Waals surface area contributed by atoms with Crippen molar-refractivity contribution in [3.05, 3.63) is 24.5 Å². The monoisotopic (exact) mass is 248 g/mol. The maximum Gasteiger partial charge on any atom is 0.0157 e. The van der Waals surface area contributed by atoms with E-state index in [0.29, 0.717) is 0 Å². The van der Waals surface area contributed by atoms with Crippen molar-refractivity contribution in [2.75, 3.05) is 37.8 Å². The Balaban J connectivity index is 3.03. The summed E-state index contributed by atoms with van der Waals surface area (Å²) in [5.74, 6) is 0. The molecule has 1 aromatic heterocycles. The molecule has 2 nitrogen and oxygen atoms in total. The van der Waals surface area contributed by atoms with Crippen LogP contribution in [0.1, 0.15) is 6.92 Å². The molecule has 0 spiro atoms. The van der Waals surface area contributed by atoms with Gasteiger partial charge in [-0.3, -0.25) is 0 Å². The first kappa shape index (κ1) is 13.0. The van der Waals surface area contributed by atoms with Crippen LogP contribution in [0.3, 0.4) is 0 Å². The lowest BCUT2D eigenvalue weighted by Gasteiger charge is -2.53. The quantitative estimate of drug-likeness (QED) is 0.794. The van der Waals surface area contributed by atoms with Crippen LogP contribution in [0.25, 0.3) is 0 Å². The third-order valence-electron chi connectivity index (χ3n) is 2.46. The second kappa shape index (κ2) is 4.44. The first-order chi connectivity index (χ1) is 6.80. The number of hydrogen-bond donors (Lipinski definition) is 0. The largest absolute Gasteiger partial charge is 0.305 e. The van der Waals surface area contributed by atoms with Gasteiger partial charge in [-0.25, -0.2) is 3.71 Å². The maximum atomic E-state index is 2.67. The topological polar surface area (TPSA) is 8.17 Å². The minimum absolute atomic E-state index is 0.649. The zero-order valence-corrected chi connectivity index (χ0v) is 12.4. The minimum Gasteiger partial charge on any atom is -0.305 e. The van der Waals surface area contributed by atoms with Crippen molar-refractivity contribution < 1.29 is 0 Å². The highest BCUT2D eigenvalue weighted by molar-refractivity contribution is 8.43. The van der Waals surface area contributed by atoms with E-state index in [0.717, 1.165) is 6.54 Å². The van der Waals surface area contributed by atoms with Crippen LogP contribution in [-0.2, 0) is 0 Å². The van der Waals surface area contributed by atoms with Crippen molar-refractivity contribution in [1.82, 2.24) is 7.68 Å². The summed E-state index contributed by atoms with van der Waals surface area (Å²) in [4.78, 5) is 0. The minimum atomic E-state index is -0.878. The van der Waals surface area contributed by atoms with Crippen molar-refractivity contribution in [2.45, 2.75) is 6.92 Å². The summed E-state index contributed by atoms with van der Waals surface area (Å²) in [7, 11) is -1.53. The zero-order valence-electron chi connectivity index (χ0n) is 10.7. The summed E-state index contributed by atoms with van der Waals surface area (Å²) >= 11 is 0. The van der Waals surface area contributed by atoms with E-state index >= 15 is 0 Å². The van der Waals surface area contributed by atoms with Crippen molar-refractivity contribution in [2.24, 2.45) is 0 Å². The Labute approximate surface area is 97.7 Å². The van der Waals surface area contributed by atoms with Crippen LogP contribution in [0.4, 0.5) is 0 Å². The molecule has 0 bridgehead atoms. The van der Waals surface area contributed by atoms with Gasteiger partial charge in [-0.15, -0.1) is 10.4 Å². The van der Waals surface area contributed by atoms with Crippen molar-refractivity contribution in [3.8, 4) is 0 Å². The molecule has 0 saturated heterocycles. The smallest absolute Gasteiger partial charge is 0.0157 e. The fourth-order valence-electron chi connectivity index (χ4n) is 1.97. The van der Waals surface area contributed by atoms with E-state index in [1.807, 2.05) is 0 Å². The summed E-state index contributed by atoms with van der Waals surface area (Å²) in [5.41, 5.74) is 0. The van der Waals surface area contributed by atoms with Crippen LogP contribution in [-0.4, -0.2) is 45.5 Å². The first-order valence-corrected chi connectivity index (χ1v) is 10.3. The molecule has 0 unspecified atom stereocenters. The second-order valence-corrected chi connectivity index (χ2v) is 12.2. The Morgan fingerprint density at radius 1 is 1.00 bits per heavy atom. The molecule has 0 aliphatic carbocycles. The van der Waals surface area contributed by atoms with Crippen LogP contribution in [0.15, 0.2) is 24.5 Å². The molecule has 0 radical (unpaired) electrons. The maximum absolute atomic E-state index is 2.67. The first-order valence-electron chi connectivity index (χ1n) is 5.13. The van der Waals surface area contributed by atoms with Crippen molar-refractivity contribution >= 4 is 20.6 Å². The van der Waals surface area contributed by atoms with E-state index in [1.54, 1.807) is 0 Å². The highest BCUT2D eigenvalue weighted by Gasteiger charge is 2.27. The summed E-state index contributed by atoms with van der Waals surface area (Å²) in [6.07, 6.45) is 16.2. The molecule has 0 atom stereocenters. The van der Waals surface area contributed by atoms with Gasteiger partial charge in [-0.1, -0.05) is 6.92 Å². The standard InChI is InChI=1S/C11H24N2S2/c1-7-13(14(2,3)4)15(5,6)12-10-8-9-11-12/h8-11H,7H2,1-6H3. The third-order valence-corrected chi connectivity index (χ3v) is 8.91. The Bertz CT molecular complexity index is 299. The lowest BCUT2D eigenvalue weighted by molar-refractivity contribution is 0.747. The molecule has 90 valence electrons. The molecule has 0 aromatic carbocycles. The summed E-state index contributed by atoms with van der Waals surface area (Å²) in [6.45, 7) is 3.38. The van der Waals surface area contributed by atoms with Crippen LogP contribution < -0.4 is 0 Å². The Morgan fingerprint density at radius 2 is 1.47 bits per heavy atom. The highest BCUT2D eigenvalue weighted by atomic mass is 32.3. The summed E-state index contributed by atoms with van der Waals surface area (Å²) in [6, 6.07) is 4.22. The van der Waals surface area contributed by atoms with Crippen molar-refractivity contribution in [1.29, 1.82) is 0 Å². The average Bonchev–Trinajstić information content (AvgIpc) is 2.52. The number of rotatable bonds is 4. The van der Waals surface area contributed by atoms with Crippen LogP contribution in [0.5, 0.6) is 0 Å². The highest BCUT2D eigenvalue weighted by Crippen LogP contribution is 2.59. The molecule has 4 heteroatoms. The normalized spacial score (nSPS) is 15.7. The van der Waals surface area contributed by atoms with Gasteiger partial charge in [0.25, 0.3) is 0 Å². The number of nitrogens with zero attached hydrogens (tertiary/aromatic N) is 2. The number of aromatic nitrogens is 1. The van der Waals surface area contributed by atoms with Gasteiger partial charge in [-0.2, -0.15) is 10.2 Å². The average molecular weight is 248 g/mol. The molecular weight excluding hydrogens is 224 g/mol. The fraction of sp³-hybridized carbons (Fsp3) is 0.636. The van der Waals surface area contributed by atoms with Crippen LogP contribution in [0.2, 0.25) is 0 Å². The molecule has 0 amide bonds. The molecule has 0 aliphatic heterocycles. The Hall–Kier alpha value is -0.0600. The Kier molecular flexibility index (Phi) is 3.85. The molecule has 0 saturated carbocycles. The van der Waals surface area contributed by atoms with Gasteiger partial charge in [-0.05, 0) is 43.4 Å².